The van der Waals surface area contributed by atoms with E-state index in [2.05, 4.69) is 63.2 Å². The average Bonchev–Trinajstić information content (AvgIpc) is 2.32. The summed E-state index contributed by atoms with van der Waals surface area (Å²) in [4.78, 5) is 2.63. The van der Waals surface area contributed by atoms with E-state index in [1.54, 1.807) is 0 Å². The minimum atomic E-state index is 1.11. The van der Waals surface area contributed by atoms with E-state index in [0.717, 1.165) is 6.42 Å². The molecule has 1 heteroatoms. The molecule has 0 spiro atoms. The summed E-state index contributed by atoms with van der Waals surface area (Å²) in [6.45, 7) is 6.52. The van der Waals surface area contributed by atoms with Crippen LogP contribution in [0.3, 0.4) is 0 Å². The van der Waals surface area contributed by atoms with E-state index in [4.69, 9.17) is 0 Å². The summed E-state index contributed by atoms with van der Waals surface area (Å²) >= 11 is 1.83. The van der Waals surface area contributed by atoms with E-state index in [0.29, 0.717) is 0 Å². The summed E-state index contributed by atoms with van der Waals surface area (Å²) in [5, 5.41) is 0. The van der Waals surface area contributed by atoms with E-state index in [1.165, 1.54) is 26.5 Å². The zero-order valence-corrected chi connectivity index (χ0v) is 11.5. The molecule has 0 bridgehead atoms. The second-order valence-corrected chi connectivity index (χ2v) is 5.50. The van der Waals surface area contributed by atoms with Crippen molar-refractivity contribution in [3.05, 3.63) is 59.2 Å². The minimum Gasteiger partial charge on any atom is -0.0901 e. The fourth-order valence-electron chi connectivity index (χ4n) is 1.87. The van der Waals surface area contributed by atoms with Crippen LogP contribution in [-0.4, -0.2) is 0 Å². The van der Waals surface area contributed by atoms with Crippen molar-refractivity contribution in [2.75, 3.05) is 0 Å². The van der Waals surface area contributed by atoms with Gasteiger partial charge in [-0.3, -0.25) is 0 Å². The number of hydrogen-bond donors (Lipinski definition) is 0. The van der Waals surface area contributed by atoms with Gasteiger partial charge in [-0.2, -0.15) is 0 Å². The van der Waals surface area contributed by atoms with Gasteiger partial charge in [0.15, 0.2) is 0 Å². The Kier molecular flexibility index (Phi) is 3.90. The number of hydrogen-bond acceptors (Lipinski definition) is 1. The maximum absolute atomic E-state index is 2.28. The summed E-state index contributed by atoms with van der Waals surface area (Å²) in [6, 6.07) is 15.4. The maximum Gasteiger partial charge on any atom is 0.0125 e. The summed E-state index contributed by atoms with van der Waals surface area (Å²) in [6.07, 6.45) is 1.11. The van der Waals surface area contributed by atoms with Crippen LogP contribution < -0.4 is 0 Å². The second kappa shape index (κ2) is 5.42. The van der Waals surface area contributed by atoms with Gasteiger partial charge in [-0.25, -0.2) is 0 Å². The highest BCUT2D eigenvalue weighted by molar-refractivity contribution is 7.99. The SMILES string of the molecule is CCc1ccc(Sc2ccc(C)cc2)cc1C. The Bertz CT molecular complexity index is 497. The van der Waals surface area contributed by atoms with Crippen molar-refractivity contribution in [2.45, 2.75) is 37.0 Å². The van der Waals surface area contributed by atoms with Gasteiger partial charge in [0.05, 0.1) is 0 Å². The van der Waals surface area contributed by atoms with Crippen molar-refractivity contribution in [1.29, 1.82) is 0 Å². The van der Waals surface area contributed by atoms with E-state index in [1.807, 2.05) is 11.8 Å². The summed E-state index contributed by atoms with van der Waals surface area (Å²) in [7, 11) is 0. The van der Waals surface area contributed by atoms with E-state index in [-0.39, 0.29) is 0 Å². The van der Waals surface area contributed by atoms with Crippen LogP contribution in [0.1, 0.15) is 23.6 Å². The molecule has 0 aliphatic rings. The first kappa shape index (κ1) is 12.3. The van der Waals surface area contributed by atoms with Crippen molar-refractivity contribution in [1.82, 2.24) is 0 Å². The lowest BCUT2D eigenvalue weighted by Crippen LogP contribution is -1.86. The normalized spacial score (nSPS) is 10.5. The fraction of sp³-hybridized carbons (Fsp3) is 0.250. The van der Waals surface area contributed by atoms with E-state index in [9.17, 15) is 0 Å². The molecule has 0 heterocycles. The van der Waals surface area contributed by atoms with Crippen LogP contribution in [0.15, 0.2) is 52.3 Å². The van der Waals surface area contributed by atoms with Gasteiger partial charge in [0.2, 0.25) is 0 Å². The van der Waals surface area contributed by atoms with Gasteiger partial charge in [-0.05, 0) is 55.7 Å². The van der Waals surface area contributed by atoms with E-state index < -0.39 is 0 Å². The van der Waals surface area contributed by atoms with Gasteiger partial charge in [-0.15, -0.1) is 0 Å². The third-order valence-electron chi connectivity index (χ3n) is 2.95. The van der Waals surface area contributed by atoms with Crippen LogP contribution >= 0.6 is 11.8 Å². The molecule has 2 rings (SSSR count). The average molecular weight is 242 g/mol. The Balaban J connectivity index is 2.19. The lowest BCUT2D eigenvalue weighted by molar-refractivity contribution is 1.10. The molecule has 0 unspecified atom stereocenters. The predicted octanol–water partition coefficient (Wildman–Crippen LogP) is 5.02. The van der Waals surface area contributed by atoms with Gasteiger partial charge < -0.3 is 0 Å². The van der Waals surface area contributed by atoms with Crippen molar-refractivity contribution in [3.8, 4) is 0 Å². The largest absolute Gasteiger partial charge is 0.0901 e. The van der Waals surface area contributed by atoms with Crippen LogP contribution in [0.4, 0.5) is 0 Å². The number of rotatable bonds is 3. The van der Waals surface area contributed by atoms with Gasteiger partial charge in [0.1, 0.15) is 0 Å². The molecule has 2 aromatic rings. The monoisotopic (exact) mass is 242 g/mol. The zero-order valence-electron chi connectivity index (χ0n) is 10.7. The zero-order chi connectivity index (χ0) is 12.3. The Morgan fingerprint density at radius 2 is 1.53 bits per heavy atom. The highest BCUT2D eigenvalue weighted by atomic mass is 32.2. The topological polar surface area (TPSA) is 0 Å². The van der Waals surface area contributed by atoms with Crippen LogP contribution in [-0.2, 0) is 6.42 Å². The summed E-state index contributed by atoms with van der Waals surface area (Å²) in [5.41, 5.74) is 4.15. The molecule has 0 radical (unpaired) electrons. The molecule has 0 N–H and O–H groups in total. The molecule has 0 fully saturated rings. The lowest BCUT2D eigenvalue weighted by Gasteiger charge is -2.07. The molecule has 0 saturated carbocycles. The van der Waals surface area contributed by atoms with Crippen LogP contribution in [0.5, 0.6) is 0 Å². The molecule has 0 saturated heterocycles. The molecule has 0 aromatic heterocycles. The van der Waals surface area contributed by atoms with Gasteiger partial charge >= 0.3 is 0 Å². The molecule has 2 aromatic carbocycles. The standard InChI is InChI=1S/C16H18S/c1-4-14-7-10-16(11-13(14)3)17-15-8-5-12(2)6-9-15/h5-11H,4H2,1-3H3. The Hall–Kier alpha value is -1.21. The van der Waals surface area contributed by atoms with Crippen LogP contribution in [0.2, 0.25) is 0 Å². The maximum atomic E-state index is 2.28. The molecule has 0 aliphatic carbocycles. The number of aryl methyl sites for hydroxylation is 3. The molecular weight excluding hydrogens is 224 g/mol. The van der Waals surface area contributed by atoms with Crippen molar-refractivity contribution in [3.63, 3.8) is 0 Å². The highest BCUT2D eigenvalue weighted by Gasteiger charge is 2.00. The lowest BCUT2D eigenvalue weighted by atomic mass is 10.1. The molecule has 88 valence electrons. The smallest absolute Gasteiger partial charge is 0.0125 e. The first-order valence-corrected chi connectivity index (χ1v) is 6.84. The quantitative estimate of drug-likeness (QED) is 0.728. The Labute approximate surface area is 108 Å². The first-order chi connectivity index (χ1) is 8.19. The molecule has 0 amide bonds. The van der Waals surface area contributed by atoms with Crippen molar-refractivity contribution in [2.24, 2.45) is 0 Å². The third kappa shape index (κ3) is 3.13. The van der Waals surface area contributed by atoms with Gasteiger partial charge in [0.25, 0.3) is 0 Å². The molecule has 0 nitrogen and oxygen atoms in total. The third-order valence-corrected chi connectivity index (χ3v) is 3.95. The summed E-state index contributed by atoms with van der Waals surface area (Å²) < 4.78 is 0. The first-order valence-electron chi connectivity index (χ1n) is 6.03. The van der Waals surface area contributed by atoms with Gasteiger partial charge in [-0.1, -0.05) is 42.4 Å². The summed E-state index contributed by atoms with van der Waals surface area (Å²) in [5.74, 6) is 0. The Morgan fingerprint density at radius 3 is 2.12 bits per heavy atom. The second-order valence-electron chi connectivity index (χ2n) is 4.36. The number of benzene rings is 2. The Morgan fingerprint density at radius 1 is 0.882 bits per heavy atom. The minimum absolute atomic E-state index is 1.11. The van der Waals surface area contributed by atoms with Crippen molar-refractivity contribution < 1.29 is 0 Å². The van der Waals surface area contributed by atoms with E-state index >= 15 is 0 Å². The molecule has 0 atom stereocenters. The molecular formula is C16H18S. The van der Waals surface area contributed by atoms with Crippen LogP contribution in [0.25, 0.3) is 0 Å². The fourth-order valence-corrected chi connectivity index (χ4v) is 2.79. The van der Waals surface area contributed by atoms with Crippen molar-refractivity contribution >= 4 is 11.8 Å². The predicted molar refractivity (Wildman–Crippen MR) is 75.9 cm³/mol. The highest BCUT2D eigenvalue weighted by Crippen LogP contribution is 2.29. The molecule has 0 aliphatic heterocycles. The van der Waals surface area contributed by atoms with Crippen LogP contribution in [0, 0.1) is 13.8 Å². The molecule has 17 heavy (non-hydrogen) atoms. The van der Waals surface area contributed by atoms with Gasteiger partial charge in [0, 0.05) is 9.79 Å².